The Morgan fingerprint density at radius 1 is 1.09 bits per heavy atom. The normalized spacial score (nSPS) is 22.8. The number of nitrogens with one attached hydrogen (secondary N) is 2. The second kappa shape index (κ2) is 10.9. The van der Waals surface area contributed by atoms with Crippen molar-refractivity contribution in [1.82, 2.24) is 15.2 Å². The number of carbonyl (C=O) groups is 4. The van der Waals surface area contributed by atoms with E-state index < -0.39 is 52.1 Å². The smallest absolute Gasteiger partial charge is 0.337 e. The first-order valence-electron chi connectivity index (χ1n) is 13.6. The van der Waals surface area contributed by atoms with Crippen LogP contribution in [-0.4, -0.2) is 56.3 Å². The van der Waals surface area contributed by atoms with Crippen LogP contribution in [0.2, 0.25) is 5.02 Å². The van der Waals surface area contributed by atoms with Crippen molar-refractivity contribution in [2.45, 2.75) is 24.5 Å². The number of likely N-dealkylation sites (tertiary alicyclic amines) is 1. The summed E-state index contributed by atoms with van der Waals surface area (Å²) in [6.45, 7) is -0.195. The molecule has 0 bridgehead atoms. The summed E-state index contributed by atoms with van der Waals surface area (Å²) >= 11 is 6.24. The van der Waals surface area contributed by atoms with Crippen molar-refractivity contribution in [1.29, 1.82) is 0 Å². The number of fused-ring (bicyclic) bond motifs is 2. The monoisotopic (exact) mass is 616 g/mol. The van der Waals surface area contributed by atoms with Crippen LogP contribution in [0.4, 0.5) is 5.69 Å². The van der Waals surface area contributed by atoms with Crippen LogP contribution >= 0.6 is 11.6 Å². The number of aliphatic carboxylic acids is 1. The quantitative estimate of drug-likeness (QED) is 0.114. The van der Waals surface area contributed by atoms with Gasteiger partial charge >= 0.3 is 11.9 Å². The van der Waals surface area contributed by atoms with Crippen LogP contribution < -0.4 is 5.32 Å². The van der Waals surface area contributed by atoms with Gasteiger partial charge in [-0.25, -0.2) is 4.79 Å². The highest BCUT2D eigenvalue weighted by molar-refractivity contribution is 6.30. The van der Waals surface area contributed by atoms with Crippen LogP contribution in [0.1, 0.15) is 33.1 Å². The molecule has 12 nitrogen and oxygen atoms in total. The first-order valence-corrected chi connectivity index (χ1v) is 14.0. The Kier molecular flexibility index (Phi) is 7.18. The number of nitro groups is 1. The van der Waals surface area contributed by atoms with E-state index in [-0.39, 0.29) is 34.8 Å². The number of nitro benzene ring substituents is 1. The summed E-state index contributed by atoms with van der Waals surface area (Å²) in [5, 5.41) is 26.8. The number of ether oxygens (including phenoxy) is 1. The molecule has 224 valence electrons. The van der Waals surface area contributed by atoms with E-state index in [9.17, 15) is 34.4 Å². The van der Waals surface area contributed by atoms with Gasteiger partial charge in [0.25, 0.3) is 5.69 Å². The minimum atomic E-state index is -2.01. The fraction of sp³-hybridized carbons (Fsp3) is 0.226. The van der Waals surface area contributed by atoms with E-state index in [1.54, 1.807) is 24.4 Å². The molecule has 0 saturated carbocycles. The van der Waals surface area contributed by atoms with Gasteiger partial charge in [-0.3, -0.25) is 34.7 Å². The number of aromatic nitrogens is 1. The molecule has 0 radical (unpaired) electrons. The first-order chi connectivity index (χ1) is 21.1. The number of hydrogen-bond acceptors (Lipinski definition) is 8. The number of H-pyrrole nitrogens is 1. The van der Waals surface area contributed by atoms with Gasteiger partial charge in [0.05, 0.1) is 42.0 Å². The Morgan fingerprint density at radius 3 is 2.50 bits per heavy atom. The predicted octanol–water partition coefficient (Wildman–Crippen LogP) is 4.03. The molecule has 2 aliphatic rings. The molecule has 2 aliphatic heterocycles. The number of carboxylic acids is 1. The number of halogens is 1. The number of benzene rings is 3. The van der Waals surface area contributed by atoms with Crippen LogP contribution in [-0.2, 0) is 32.1 Å². The van der Waals surface area contributed by atoms with E-state index in [1.165, 1.54) is 37.4 Å². The summed E-state index contributed by atoms with van der Waals surface area (Å²) in [7, 11) is 1.25. The first kappa shape index (κ1) is 29.0. The third kappa shape index (κ3) is 4.59. The summed E-state index contributed by atoms with van der Waals surface area (Å²) in [5.41, 5.74) is -0.241. The summed E-state index contributed by atoms with van der Waals surface area (Å²) < 4.78 is 4.72. The van der Waals surface area contributed by atoms with E-state index in [1.807, 2.05) is 18.2 Å². The largest absolute Gasteiger partial charge is 0.480 e. The number of nitrogens with zero attached hydrogens (tertiary/aromatic N) is 2. The fourth-order valence-electron chi connectivity index (χ4n) is 6.49. The molecule has 3 heterocycles. The van der Waals surface area contributed by atoms with Crippen LogP contribution in [0.3, 0.4) is 0 Å². The molecule has 44 heavy (non-hydrogen) atoms. The minimum Gasteiger partial charge on any atom is -0.480 e. The molecule has 13 heteroatoms. The van der Waals surface area contributed by atoms with Crippen molar-refractivity contribution in [2.75, 3.05) is 7.11 Å². The van der Waals surface area contributed by atoms with Crippen molar-refractivity contribution in [3.8, 4) is 0 Å². The zero-order chi connectivity index (χ0) is 31.3. The van der Waals surface area contributed by atoms with E-state index in [0.717, 1.165) is 15.8 Å². The highest BCUT2D eigenvalue weighted by Crippen LogP contribution is 2.52. The molecular weight excluding hydrogens is 592 g/mol. The summed E-state index contributed by atoms with van der Waals surface area (Å²) in [6, 6.07) is 16.0. The van der Waals surface area contributed by atoms with Gasteiger partial charge in [-0.2, -0.15) is 0 Å². The molecule has 2 amide bonds. The molecule has 6 rings (SSSR count). The maximum absolute atomic E-state index is 14.2. The van der Waals surface area contributed by atoms with Crippen molar-refractivity contribution in [3.63, 3.8) is 0 Å². The van der Waals surface area contributed by atoms with Gasteiger partial charge in [-0.15, -0.1) is 0 Å². The number of esters is 1. The predicted molar refractivity (Wildman–Crippen MR) is 157 cm³/mol. The Hall–Kier alpha value is -5.07. The highest BCUT2D eigenvalue weighted by atomic mass is 35.5. The van der Waals surface area contributed by atoms with Crippen LogP contribution in [0.15, 0.2) is 72.9 Å². The maximum atomic E-state index is 14.2. The maximum Gasteiger partial charge on any atom is 0.337 e. The summed E-state index contributed by atoms with van der Waals surface area (Å²) in [5.74, 6) is -6.02. The molecule has 0 spiro atoms. The molecule has 1 aromatic heterocycles. The lowest BCUT2D eigenvalue weighted by molar-refractivity contribution is -0.385. The molecule has 2 fully saturated rings. The van der Waals surface area contributed by atoms with Crippen molar-refractivity contribution in [3.05, 3.63) is 110 Å². The van der Waals surface area contributed by atoms with Crippen LogP contribution in [0.25, 0.3) is 10.9 Å². The van der Waals surface area contributed by atoms with Gasteiger partial charge in [-0.05, 0) is 41.5 Å². The molecule has 0 aliphatic carbocycles. The molecule has 3 N–H and O–H groups in total. The fourth-order valence-corrected chi connectivity index (χ4v) is 6.67. The topological polar surface area (TPSA) is 172 Å². The molecule has 4 unspecified atom stereocenters. The van der Waals surface area contributed by atoms with E-state index >= 15 is 0 Å². The Balaban J connectivity index is 1.47. The van der Waals surface area contributed by atoms with Crippen LogP contribution in [0.5, 0.6) is 0 Å². The molecule has 3 aromatic carbocycles. The number of amides is 2. The number of imide groups is 1. The number of hydrogen-bond donors (Lipinski definition) is 3. The lowest BCUT2D eigenvalue weighted by Gasteiger charge is -2.31. The zero-order valence-corrected chi connectivity index (χ0v) is 23.9. The third-order valence-corrected chi connectivity index (χ3v) is 8.74. The van der Waals surface area contributed by atoms with Gasteiger partial charge < -0.3 is 14.8 Å². The van der Waals surface area contributed by atoms with Gasteiger partial charge in [-0.1, -0.05) is 41.9 Å². The second-order valence-corrected chi connectivity index (χ2v) is 11.3. The van der Waals surface area contributed by atoms with Gasteiger partial charge in [0.15, 0.2) is 0 Å². The third-order valence-electron chi connectivity index (χ3n) is 8.51. The molecule has 4 atom stereocenters. The van der Waals surface area contributed by atoms with Gasteiger partial charge in [0.2, 0.25) is 11.8 Å². The lowest BCUT2D eigenvalue weighted by Crippen LogP contribution is -2.57. The Labute approximate surface area is 254 Å². The van der Waals surface area contributed by atoms with Gasteiger partial charge in [0.1, 0.15) is 5.54 Å². The lowest BCUT2D eigenvalue weighted by atomic mass is 9.76. The van der Waals surface area contributed by atoms with Crippen molar-refractivity contribution < 1.29 is 33.9 Å². The van der Waals surface area contributed by atoms with E-state index in [4.69, 9.17) is 16.3 Å². The van der Waals surface area contributed by atoms with E-state index in [0.29, 0.717) is 11.1 Å². The number of carboxylic acid groups (broad SMARTS) is 1. The zero-order valence-electron chi connectivity index (χ0n) is 23.2. The van der Waals surface area contributed by atoms with Gasteiger partial charge in [0, 0.05) is 40.2 Å². The second-order valence-electron chi connectivity index (χ2n) is 10.8. The standard InChI is InChI=1S/C31H25ClN4O8/c1-44-29(39)17-8-6-16(7-9-17)15-35-27(37)24-25(28(35)38)31(30(40)41,13-18-14-33-22-5-3-2-4-20(18)22)34-26(24)21-12-19(32)10-11-23(21)36(42)43/h2-12,14,24-26,33-34H,13,15H2,1H3,(H,40,41). The Bertz CT molecular complexity index is 1850. The SMILES string of the molecule is COC(=O)c1ccc(CN2C(=O)C3C(c4cc(Cl)ccc4[N+](=O)[O-])NC(Cc4c[nH]c5ccccc45)(C(=O)O)C3C2=O)cc1. The minimum absolute atomic E-state index is 0.00461. The molecule has 2 saturated heterocycles. The van der Waals surface area contributed by atoms with E-state index in [2.05, 4.69) is 10.3 Å². The molecule has 4 aromatic rings. The summed E-state index contributed by atoms with van der Waals surface area (Å²) in [4.78, 5) is 68.9. The highest BCUT2D eigenvalue weighted by Gasteiger charge is 2.69. The van der Waals surface area contributed by atoms with Crippen molar-refractivity contribution >= 4 is 51.9 Å². The average Bonchev–Trinajstić information content (AvgIpc) is 3.65. The van der Waals surface area contributed by atoms with Crippen LogP contribution in [0, 0.1) is 22.0 Å². The van der Waals surface area contributed by atoms with Crippen molar-refractivity contribution in [2.24, 2.45) is 11.8 Å². The number of carbonyl (C=O) groups excluding carboxylic acids is 3. The Morgan fingerprint density at radius 2 is 1.82 bits per heavy atom. The molecular formula is C31H25ClN4O8. The summed E-state index contributed by atoms with van der Waals surface area (Å²) in [6.07, 6.45) is 1.46. The number of rotatable bonds is 8. The number of methoxy groups -OCH3 is 1. The number of aromatic amines is 1. The average molecular weight is 617 g/mol. The number of para-hydroxylation sites is 1.